The lowest BCUT2D eigenvalue weighted by Crippen LogP contribution is -2.37. The van der Waals surface area contributed by atoms with Gasteiger partial charge in [-0.05, 0) is 30.9 Å². The molecule has 0 bridgehead atoms. The number of nitrogens with one attached hydrogen (secondary N) is 2. The summed E-state index contributed by atoms with van der Waals surface area (Å²) in [7, 11) is 0. The summed E-state index contributed by atoms with van der Waals surface area (Å²) in [6.07, 6.45) is 6.93. The van der Waals surface area contributed by atoms with E-state index in [2.05, 4.69) is 50.4 Å². The number of rotatable bonds is 7. The largest absolute Gasteiger partial charge is 0.379 e. The second kappa shape index (κ2) is 9.61. The number of hydrogen-bond acceptors (Lipinski definition) is 5. The van der Waals surface area contributed by atoms with Gasteiger partial charge in [-0.15, -0.1) is 11.8 Å². The second-order valence-electron chi connectivity index (χ2n) is 9.21. The van der Waals surface area contributed by atoms with Gasteiger partial charge in [0.25, 0.3) is 11.8 Å². The summed E-state index contributed by atoms with van der Waals surface area (Å²) in [5.41, 5.74) is 4.43. The molecule has 2 aromatic heterocycles. The number of aromatic nitrogens is 2. The van der Waals surface area contributed by atoms with E-state index in [0.717, 1.165) is 78.7 Å². The van der Waals surface area contributed by atoms with E-state index in [9.17, 15) is 9.59 Å². The summed E-state index contributed by atoms with van der Waals surface area (Å²) in [4.78, 5) is 33.1. The van der Waals surface area contributed by atoms with Gasteiger partial charge in [0.15, 0.2) is 0 Å². The fourth-order valence-corrected chi connectivity index (χ4v) is 5.75. The van der Waals surface area contributed by atoms with Crippen molar-refractivity contribution in [3.05, 3.63) is 66.0 Å². The number of para-hydroxylation sites is 1. The van der Waals surface area contributed by atoms with Gasteiger partial charge >= 0.3 is 0 Å². The van der Waals surface area contributed by atoms with E-state index in [1.165, 1.54) is 4.90 Å². The molecular formula is C28H28N4O3S. The Labute approximate surface area is 213 Å². The molecule has 8 heteroatoms. The van der Waals surface area contributed by atoms with E-state index < -0.39 is 0 Å². The van der Waals surface area contributed by atoms with Gasteiger partial charge in [0.05, 0.1) is 24.4 Å². The van der Waals surface area contributed by atoms with Gasteiger partial charge in [-0.3, -0.25) is 19.8 Å². The fraction of sp³-hybridized carbons (Fsp3) is 0.286. The molecule has 6 rings (SSSR count). The summed E-state index contributed by atoms with van der Waals surface area (Å²) >= 11 is 1.70. The molecule has 2 aliphatic rings. The number of benzene rings is 2. The van der Waals surface area contributed by atoms with Crippen molar-refractivity contribution < 1.29 is 14.3 Å². The maximum atomic E-state index is 13.2. The third-order valence-corrected chi connectivity index (χ3v) is 7.85. The van der Waals surface area contributed by atoms with Crippen LogP contribution in [0.25, 0.3) is 33.0 Å². The third-order valence-electron chi connectivity index (χ3n) is 7.13. The zero-order valence-electron chi connectivity index (χ0n) is 20.2. The van der Waals surface area contributed by atoms with Crippen molar-refractivity contribution in [2.75, 3.05) is 39.1 Å². The Morgan fingerprint density at radius 3 is 2.53 bits per heavy atom. The molecular weight excluding hydrogens is 472 g/mol. The Hall–Kier alpha value is -3.33. The first-order valence-corrected chi connectivity index (χ1v) is 13.5. The first-order valence-electron chi connectivity index (χ1n) is 12.3. The number of morpholine rings is 1. The number of hydrogen-bond donors (Lipinski definition) is 2. The van der Waals surface area contributed by atoms with E-state index in [1.807, 2.05) is 30.5 Å². The lowest BCUT2D eigenvalue weighted by molar-refractivity contribution is -0.122. The minimum Gasteiger partial charge on any atom is -0.379 e. The van der Waals surface area contributed by atoms with E-state index >= 15 is 0 Å². The van der Waals surface area contributed by atoms with E-state index in [-0.39, 0.29) is 11.8 Å². The lowest BCUT2D eigenvalue weighted by Gasteiger charge is -2.26. The minimum atomic E-state index is -0.353. The Morgan fingerprint density at radius 1 is 0.944 bits per heavy atom. The molecule has 0 aliphatic carbocycles. The average molecular weight is 501 g/mol. The normalized spacial score (nSPS) is 17.0. The van der Waals surface area contributed by atoms with Crippen LogP contribution in [0.5, 0.6) is 0 Å². The molecule has 184 valence electrons. The number of amides is 2. The molecule has 2 aliphatic heterocycles. The number of thioether (sulfide) groups is 1. The molecule has 2 amide bonds. The smallest absolute Gasteiger partial charge is 0.259 e. The fourth-order valence-electron chi connectivity index (χ4n) is 5.32. The monoisotopic (exact) mass is 500 g/mol. The second-order valence-corrected chi connectivity index (χ2v) is 10.1. The molecule has 4 heterocycles. The number of fused-ring (bicyclic) bond motifs is 2. The van der Waals surface area contributed by atoms with Crippen molar-refractivity contribution in [2.24, 2.45) is 0 Å². The van der Waals surface area contributed by atoms with Gasteiger partial charge in [0.1, 0.15) is 0 Å². The highest BCUT2D eigenvalue weighted by atomic mass is 32.2. The highest BCUT2D eigenvalue weighted by Crippen LogP contribution is 2.39. The lowest BCUT2D eigenvalue weighted by atomic mass is 9.95. The first kappa shape index (κ1) is 23.1. The third kappa shape index (κ3) is 4.05. The van der Waals surface area contributed by atoms with Crippen LogP contribution in [0.4, 0.5) is 0 Å². The molecule has 1 saturated heterocycles. The summed E-state index contributed by atoms with van der Waals surface area (Å²) < 4.78 is 7.71. The van der Waals surface area contributed by atoms with E-state index in [1.54, 1.807) is 11.8 Å². The first-order chi connectivity index (χ1) is 17.6. The van der Waals surface area contributed by atoms with Crippen LogP contribution in [-0.2, 0) is 20.9 Å². The van der Waals surface area contributed by atoms with Crippen LogP contribution >= 0.6 is 11.8 Å². The summed E-state index contributed by atoms with van der Waals surface area (Å²) in [5.74, 6) is -0.699. The summed E-state index contributed by atoms with van der Waals surface area (Å²) in [5, 5.41) is 4.46. The van der Waals surface area contributed by atoms with Gasteiger partial charge in [-0.25, -0.2) is 0 Å². The maximum Gasteiger partial charge on any atom is 0.259 e. The average Bonchev–Trinajstić information content (AvgIpc) is 3.57. The number of H-pyrrole nitrogens is 1. The molecule has 0 radical (unpaired) electrons. The van der Waals surface area contributed by atoms with E-state index in [4.69, 9.17) is 4.74 Å². The van der Waals surface area contributed by atoms with Crippen LogP contribution in [0.3, 0.4) is 0 Å². The highest BCUT2D eigenvalue weighted by molar-refractivity contribution is 7.98. The van der Waals surface area contributed by atoms with Crippen LogP contribution < -0.4 is 5.32 Å². The predicted molar refractivity (Wildman–Crippen MR) is 144 cm³/mol. The quantitative estimate of drug-likeness (QED) is 0.295. The molecule has 0 saturated carbocycles. The number of imide groups is 1. The standard InChI is InChI=1S/C28H28N4O3S/c1-36-18-7-8-20-22(17-32(24(20)15-18)10-4-9-31-11-13-35-14-12-31)26-25(27(33)30-28(26)34)21-16-29-23-6-3-2-5-19(21)23/h2-3,5-8,15-17,29H,4,9-14H2,1H3,(H,30,33,34). The Morgan fingerprint density at radius 2 is 1.72 bits per heavy atom. The molecule has 0 unspecified atom stereocenters. The van der Waals surface area contributed by atoms with Gasteiger partial charge in [-0.2, -0.15) is 0 Å². The van der Waals surface area contributed by atoms with Gasteiger partial charge < -0.3 is 14.3 Å². The summed E-state index contributed by atoms with van der Waals surface area (Å²) in [6.45, 7) is 5.36. The molecule has 4 aromatic rings. The van der Waals surface area contributed by atoms with Crippen LogP contribution in [-0.4, -0.2) is 65.4 Å². The molecule has 0 spiro atoms. The number of nitrogens with zero attached hydrogens (tertiary/aromatic N) is 2. The molecule has 2 aromatic carbocycles. The van der Waals surface area contributed by atoms with Crippen molar-refractivity contribution in [3.8, 4) is 0 Å². The van der Waals surface area contributed by atoms with E-state index in [0.29, 0.717) is 11.1 Å². The van der Waals surface area contributed by atoms with Crippen LogP contribution in [0.1, 0.15) is 17.5 Å². The SMILES string of the molecule is CSc1ccc2c(C3=C(c4c[nH]c5ccccc45)C(=O)NC3=O)cn(CCCN3CCOCC3)c2c1. The molecule has 2 N–H and O–H groups in total. The number of aromatic amines is 1. The number of ether oxygens (including phenoxy) is 1. The number of carbonyl (C=O) groups is 2. The molecule has 7 nitrogen and oxygen atoms in total. The van der Waals surface area contributed by atoms with Crippen molar-refractivity contribution in [2.45, 2.75) is 17.9 Å². The van der Waals surface area contributed by atoms with Crippen LogP contribution in [0.15, 0.2) is 59.8 Å². The minimum absolute atomic E-state index is 0.346. The molecule has 0 atom stereocenters. The van der Waals surface area contributed by atoms with Crippen molar-refractivity contribution in [1.29, 1.82) is 0 Å². The summed E-state index contributed by atoms with van der Waals surface area (Å²) in [6, 6.07) is 14.2. The number of aryl methyl sites for hydroxylation is 1. The van der Waals surface area contributed by atoms with Gasteiger partial charge in [0, 0.05) is 76.4 Å². The van der Waals surface area contributed by atoms with Crippen molar-refractivity contribution in [1.82, 2.24) is 19.8 Å². The topological polar surface area (TPSA) is 79.4 Å². The maximum absolute atomic E-state index is 13.2. The van der Waals surface area contributed by atoms with Gasteiger partial charge in [0.2, 0.25) is 0 Å². The Kier molecular flexibility index (Phi) is 6.17. The number of carbonyl (C=O) groups excluding carboxylic acids is 2. The zero-order valence-corrected chi connectivity index (χ0v) is 21.0. The highest BCUT2D eigenvalue weighted by Gasteiger charge is 2.35. The van der Waals surface area contributed by atoms with Gasteiger partial charge in [-0.1, -0.05) is 24.3 Å². The zero-order chi connectivity index (χ0) is 24.6. The molecule has 1 fully saturated rings. The predicted octanol–water partition coefficient (Wildman–Crippen LogP) is 4.13. The van der Waals surface area contributed by atoms with Crippen LogP contribution in [0, 0.1) is 0 Å². The Bertz CT molecular complexity index is 1510. The van der Waals surface area contributed by atoms with Crippen LogP contribution in [0.2, 0.25) is 0 Å². The Balaban J connectivity index is 1.45. The van der Waals surface area contributed by atoms with Crippen molar-refractivity contribution in [3.63, 3.8) is 0 Å². The molecule has 36 heavy (non-hydrogen) atoms. The van der Waals surface area contributed by atoms with Crippen molar-refractivity contribution >= 4 is 56.5 Å².